The number of hydrogen-bond donors (Lipinski definition) is 1. The SMILES string of the molecule is O=C(O)c1nnn(CCOc2ccccc2)c1C(F)(F)F. The van der Waals surface area contributed by atoms with E-state index >= 15 is 0 Å². The van der Waals surface area contributed by atoms with Crippen molar-refractivity contribution >= 4 is 5.97 Å². The van der Waals surface area contributed by atoms with Gasteiger partial charge in [0, 0.05) is 0 Å². The molecule has 1 heterocycles. The summed E-state index contributed by atoms with van der Waals surface area (Å²) in [5, 5.41) is 15.0. The van der Waals surface area contributed by atoms with Gasteiger partial charge in [-0.05, 0) is 12.1 Å². The summed E-state index contributed by atoms with van der Waals surface area (Å²) in [4.78, 5) is 10.7. The highest BCUT2D eigenvalue weighted by molar-refractivity contribution is 5.86. The molecule has 112 valence electrons. The van der Waals surface area contributed by atoms with Gasteiger partial charge in [0.2, 0.25) is 5.69 Å². The number of halogens is 3. The van der Waals surface area contributed by atoms with Crippen LogP contribution in [0, 0.1) is 0 Å². The van der Waals surface area contributed by atoms with Gasteiger partial charge >= 0.3 is 12.1 Å². The standard InChI is InChI=1S/C12H10F3N3O3/c13-12(14,15)10-9(11(19)20)16-17-18(10)6-7-21-8-4-2-1-3-5-8/h1-5H,6-7H2,(H,19,20). The molecular weight excluding hydrogens is 291 g/mol. The van der Waals surface area contributed by atoms with E-state index in [1.807, 2.05) is 0 Å². The molecule has 1 aromatic heterocycles. The van der Waals surface area contributed by atoms with E-state index in [0.29, 0.717) is 10.4 Å². The van der Waals surface area contributed by atoms with E-state index in [1.165, 1.54) is 0 Å². The molecule has 0 aliphatic rings. The van der Waals surface area contributed by atoms with Crippen LogP contribution in [0.5, 0.6) is 5.75 Å². The molecule has 0 spiro atoms. The van der Waals surface area contributed by atoms with E-state index in [9.17, 15) is 18.0 Å². The summed E-state index contributed by atoms with van der Waals surface area (Å²) in [5.41, 5.74) is -2.52. The van der Waals surface area contributed by atoms with Crippen molar-refractivity contribution in [2.75, 3.05) is 6.61 Å². The lowest BCUT2D eigenvalue weighted by Crippen LogP contribution is -2.20. The quantitative estimate of drug-likeness (QED) is 0.915. The van der Waals surface area contributed by atoms with Crippen molar-refractivity contribution in [3.05, 3.63) is 41.7 Å². The highest BCUT2D eigenvalue weighted by atomic mass is 19.4. The molecule has 0 bridgehead atoms. The number of hydrogen-bond acceptors (Lipinski definition) is 4. The molecule has 0 saturated heterocycles. The summed E-state index contributed by atoms with van der Waals surface area (Å²) in [6, 6.07) is 8.50. The molecule has 1 aromatic carbocycles. The number of para-hydroxylation sites is 1. The van der Waals surface area contributed by atoms with Crippen LogP contribution in [0.1, 0.15) is 16.2 Å². The summed E-state index contributed by atoms with van der Waals surface area (Å²) < 4.78 is 44.3. The molecule has 0 unspecified atom stereocenters. The Balaban J connectivity index is 2.12. The fourth-order valence-electron chi connectivity index (χ4n) is 1.66. The summed E-state index contributed by atoms with van der Waals surface area (Å²) in [6.07, 6.45) is -4.86. The number of carboxylic acids is 1. The Morgan fingerprint density at radius 2 is 1.95 bits per heavy atom. The van der Waals surface area contributed by atoms with Crippen molar-refractivity contribution in [3.63, 3.8) is 0 Å². The number of ether oxygens (including phenoxy) is 1. The largest absolute Gasteiger partial charge is 0.492 e. The van der Waals surface area contributed by atoms with Crippen LogP contribution in [0.25, 0.3) is 0 Å². The molecule has 2 aromatic rings. The first kappa shape index (κ1) is 14.8. The van der Waals surface area contributed by atoms with Gasteiger partial charge in [-0.3, -0.25) is 0 Å². The van der Waals surface area contributed by atoms with Crippen LogP contribution in [0.2, 0.25) is 0 Å². The predicted molar refractivity (Wildman–Crippen MR) is 63.9 cm³/mol. The average molecular weight is 301 g/mol. The molecule has 0 amide bonds. The van der Waals surface area contributed by atoms with E-state index in [-0.39, 0.29) is 13.2 Å². The summed E-state index contributed by atoms with van der Waals surface area (Å²) in [5.74, 6) is -1.29. The van der Waals surface area contributed by atoms with Crippen LogP contribution in [-0.2, 0) is 12.7 Å². The van der Waals surface area contributed by atoms with Gasteiger partial charge in [0.1, 0.15) is 12.4 Å². The second-order valence-corrected chi connectivity index (χ2v) is 3.97. The molecule has 6 nitrogen and oxygen atoms in total. The molecule has 2 rings (SSSR count). The summed E-state index contributed by atoms with van der Waals surface area (Å²) in [7, 11) is 0. The molecule has 1 N–H and O–H groups in total. The highest BCUT2D eigenvalue weighted by Crippen LogP contribution is 2.31. The summed E-state index contributed by atoms with van der Waals surface area (Å²) in [6.45, 7) is -0.375. The van der Waals surface area contributed by atoms with Crippen molar-refractivity contribution in [1.82, 2.24) is 15.0 Å². The van der Waals surface area contributed by atoms with Crippen molar-refractivity contribution in [2.45, 2.75) is 12.7 Å². The molecule has 0 fully saturated rings. The number of carbonyl (C=O) groups is 1. The minimum atomic E-state index is -4.86. The fraction of sp³-hybridized carbons (Fsp3) is 0.250. The second-order valence-electron chi connectivity index (χ2n) is 3.97. The predicted octanol–water partition coefficient (Wildman–Crippen LogP) is 2.07. The maximum Gasteiger partial charge on any atom is 0.435 e. The van der Waals surface area contributed by atoms with Crippen LogP contribution in [-0.4, -0.2) is 32.7 Å². The number of carboxylic acid groups (broad SMARTS) is 1. The number of aromatic carboxylic acids is 1. The first-order chi connectivity index (χ1) is 9.89. The molecule has 0 radical (unpaired) electrons. The fourth-order valence-corrected chi connectivity index (χ4v) is 1.66. The normalized spacial score (nSPS) is 11.4. The van der Waals surface area contributed by atoms with Gasteiger partial charge in [-0.1, -0.05) is 23.4 Å². The molecule has 0 aliphatic heterocycles. The highest BCUT2D eigenvalue weighted by Gasteiger charge is 2.41. The molecule has 0 atom stereocenters. The van der Waals surface area contributed by atoms with Gasteiger partial charge in [0.15, 0.2) is 5.69 Å². The van der Waals surface area contributed by atoms with Crippen molar-refractivity contribution in [2.24, 2.45) is 0 Å². The zero-order valence-electron chi connectivity index (χ0n) is 10.5. The maximum absolute atomic E-state index is 12.8. The molecule has 21 heavy (non-hydrogen) atoms. The Morgan fingerprint density at radius 1 is 1.29 bits per heavy atom. The van der Waals surface area contributed by atoms with Crippen LogP contribution < -0.4 is 4.74 Å². The zero-order chi connectivity index (χ0) is 15.5. The Bertz CT molecular complexity index is 626. The lowest BCUT2D eigenvalue weighted by molar-refractivity contribution is -0.144. The second kappa shape index (κ2) is 5.81. The molecule has 0 aliphatic carbocycles. The number of aromatic nitrogens is 3. The van der Waals surface area contributed by atoms with Crippen molar-refractivity contribution in [3.8, 4) is 5.75 Å². The van der Waals surface area contributed by atoms with Crippen LogP contribution in [0.4, 0.5) is 13.2 Å². The smallest absolute Gasteiger partial charge is 0.435 e. The van der Waals surface area contributed by atoms with E-state index in [4.69, 9.17) is 9.84 Å². The Kier molecular flexibility index (Phi) is 4.10. The van der Waals surface area contributed by atoms with Crippen LogP contribution in [0.3, 0.4) is 0 Å². The average Bonchev–Trinajstić information content (AvgIpc) is 2.84. The van der Waals surface area contributed by atoms with Crippen LogP contribution >= 0.6 is 0 Å². The summed E-state index contributed by atoms with van der Waals surface area (Å²) >= 11 is 0. The number of rotatable bonds is 5. The van der Waals surface area contributed by atoms with Crippen molar-refractivity contribution in [1.29, 1.82) is 0 Å². The first-order valence-electron chi connectivity index (χ1n) is 5.81. The van der Waals surface area contributed by atoms with Gasteiger partial charge in [-0.15, -0.1) is 5.10 Å². The molecular formula is C12H10F3N3O3. The van der Waals surface area contributed by atoms with E-state index < -0.39 is 23.5 Å². The number of nitrogens with zero attached hydrogens (tertiary/aromatic N) is 3. The van der Waals surface area contributed by atoms with Crippen LogP contribution in [0.15, 0.2) is 30.3 Å². The monoisotopic (exact) mass is 301 g/mol. The lowest BCUT2D eigenvalue weighted by Gasteiger charge is -2.10. The maximum atomic E-state index is 12.8. The van der Waals surface area contributed by atoms with Gasteiger partial charge in [-0.25, -0.2) is 9.48 Å². The first-order valence-corrected chi connectivity index (χ1v) is 5.81. The minimum Gasteiger partial charge on any atom is -0.492 e. The van der Waals surface area contributed by atoms with Gasteiger partial charge in [-0.2, -0.15) is 13.2 Å². The third-order valence-electron chi connectivity index (χ3n) is 2.52. The van der Waals surface area contributed by atoms with Gasteiger partial charge in [0.25, 0.3) is 0 Å². The Labute approximate surface area is 116 Å². The van der Waals surface area contributed by atoms with E-state index in [1.54, 1.807) is 30.3 Å². The number of alkyl halides is 3. The zero-order valence-corrected chi connectivity index (χ0v) is 10.5. The lowest BCUT2D eigenvalue weighted by atomic mass is 10.3. The minimum absolute atomic E-state index is 0.102. The van der Waals surface area contributed by atoms with Gasteiger partial charge in [0.05, 0.1) is 6.54 Å². The topological polar surface area (TPSA) is 77.2 Å². The third kappa shape index (κ3) is 3.50. The molecule has 0 saturated carbocycles. The van der Waals surface area contributed by atoms with E-state index in [0.717, 1.165) is 0 Å². The van der Waals surface area contributed by atoms with E-state index in [2.05, 4.69) is 10.3 Å². The van der Waals surface area contributed by atoms with Crippen molar-refractivity contribution < 1.29 is 27.8 Å². The van der Waals surface area contributed by atoms with Gasteiger partial charge < -0.3 is 9.84 Å². The third-order valence-corrected chi connectivity index (χ3v) is 2.52. The number of benzene rings is 1. The Hall–Kier alpha value is -2.58. The Morgan fingerprint density at radius 3 is 2.52 bits per heavy atom. The molecule has 9 heteroatoms.